The van der Waals surface area contributed by atoms with Gasteiger partial charge in [-0.15, -0.1) is 12.4 Å². The Morgan fingerprint density at radius 3 is 2.08 bits per heavy atom. The van der Waals surface area contributed by atoms with Crippen LogP contribution >= 0.6 is 12.4 Å². The molecular formula is C30H37ClN2O3. The summed E-state index contributed by atoms with van der Waals surface area (Å²) in [6, 6.07) is 27.8. The van der Waals surface area contributed by atoms with Crippen LogP contribution in [0.15, 0.2) is 78.9 Å². The predicted molar refractivity (Wildman–Crippen MR) is 146 cm³/mol. The molecule has 2 aliphatic heterocycles. The van der Waals surface area contributed by atoms with Gasteiger partial charge in [0, 0.05) is 44.7 Å². The largest absolute Gasteiger partial charge is 0.487 e. The summed E-state index contributed by atoms with van der Waals surface area (Å²) >= 11 is 0. The van der Waals surface area contributed by atoms with E-state index in [0.717, 1.165) is 44.1 Å². The SMILES string of the molecule is CC1(C)Cc2cccc(OCC(O)CN3CCN(C(c4ccccc4)c4ccccc4)CC3)c2O1.Cl. The minimum atomic E-state index is -0.550. The summed E-state index contributed by atoms with van der Waals surface area (Å²) in [4.78, 5) is 4.89. The molecule has 36 heavy (non-hydrogen) atoms. The molecule has 0 aliphatic carbocycles. The number of ether oxygens (including phenoxy) is 2. The van der Waals surface area contributed by atoms with Crippen LogP contribution in [-0.4, -0.2) is 65.9 Å². The number of benzene rings is 3. The van der Waals surface area contributed by atoms with Crippen molar-refractivity contribution in [1.82, 2.24) is 9.80 Å². The molecule has 0 amide bonds. The molecule has 0 bridgehead atoms. The maximum absolute atomic E-state index is 10.7. The predicted octanol–water partition coefficient (Wildman–Crippen LogP) is 4.97. The lowest BCUT2D eigenvalue weighted by Crippen LogP contribution is -2.50. The Labute approximate surface area is 221 Å². The lowest BCUT2D eigenvalue weighted by molar-refractivity contribution is 0.0387. The molecule has 2 aliphatic rings. The zero-order valence-corrected chi connectivity index (χ0v) is 22.0. The minimum absolute atomic E-state index is 0. The number of piperazine rings is 1. The zero-order valence-electron chi connectivity index (χ0n) is 21.2. The Hall–Kier alpha value is -2.57. The number of nitrogens with zero attached hydrogens (tertiary/aromatic N) is 2. The fourth-order valence-corrected chi connectivity index (χ4v) is 5.33. The standard InChI is InChI=1S/C30H36N2O3.ClH/c1-30(2)20-25-14-9-15-27(29(25)35-30)34-22-26(33)21-31-16-18-32(19-17-31)28(23-10-5-3-6-11-23)24-12-7-4-8-13-24;/h3-15,26,28,33H,16-22H2,1-2H3;1H. The molecule has 0 saturated carbocycles. The van der Waals surface area contributed by atoms with Crippen LogP contribution in [0, 0.1) is 0 Å². The number of aliphatic hydroxyl groups is 1. The normalized spacial score (nSPS) is 18.2. The van der Waals surface area contributed by atoms with E-state index in [1.807, 2.05) is 12.1 Å². The Morgan fingerprint density at radius 1 is 0.861 bits per heavy atom. The van der Waals surface area contributed by atoms with Gasteiger partial charge in [-0.2, -0.15) is 0 Å². The first kappa shape index (κ1) is 26.5. The van der Waals surface area contributed by atoms with Crippen molar-refractivity contribution < 1.29 is 14.6 Å². The molecule has 5 nitrogen and oxygen atoms in total. The van der Waals surface area contributed by atoms with Gasteiger partial charge in [-0.05, 0) is 31.0 Å². The third-order valence-electron chi connectivity index (χ3n) is 6.96. The van der Waals surface area contributed by atoms with Crippen molar-refractivity contribution in [1.29, 1.82) is 0 Å². The highest BCUT2D eigenvalue weighted by molar-refractivity contribution is 5.85. The van der Waals surface area contributed by atoms with Crippen LogP contribution in [0.3, 0.4) is 0 Å². The van der Waals surface area contributed by atoms with E-state index in [9.17, 15) is 5.11 Å². The number of halogens is 1. The van der Waals surface area contributed by atoms with Crippen molar-refractivity contribution in [3.05, 3.63) is 95.6 Å². The van der Waals surface area contributed by atoms with Gasteiger partial charge in [0.05, 0.1) is 6.04 Å². The van der Waals surface area contributed by atoms with Gasteiger partial charge in [0.1, 0.15) is 18.3 Å². The van der Waals surface area contributed by atoms with Gasteiger partial charge in [0.2, 0.25) is 0 Å². The van der Waals surface area contributed by atoms with Crippen LogP contribution in [0.25, 0.3) is 0 Å². The Morgan fingerprint density at radius 2 is 1.47 bits per heavy atom. The molecule has 6 heteroatoms. The van der Waals surface area contributed by atoms with Gasteiger partial charge in [-0.25, -0.2) is 0 Å². The van der Waals surface area contributed by atoms with E-state index in [-0.39, 0.29) is 30.7 Å². The lowest BCUT2D eigenvalue weighted by atomic mass is 9.96. The number of β-amino-alcohol motifs (C(OH)–C–C–N with tert-alkyl or cyclic N) is 1. The third kappa shape index (κ3) is 6.22. The highest BCUT2D eigenvalue weighted by atomic mass is 35.5. The van der Waals surface area contributed by atoms with E-state index in [1.54, 1.807) is 0 Å². The lowest BCUT2D eigenvalue weighted by Gasteiger charge is -2.40. The highest BCUT2D eigenvalue weighted by Crippen LogP contribution is 2.41. The van der Waals surface area contributed by atoms with Crippen molar-refractivity contribution in [3.63, 3.8) is 0 Å². The van der Waals surface area contributed by atoms with Crippen molar-refractivity contribution >= 4 is 12.4 Å². The molecule has 1 unspecified atom stereocenters. The van der Waals surface area contributed by atoms with E-state index in [2.05, 4.69) is 90.4 Å². The van der Waals surface area contributed by atoms with E-state index in [1.165, 1.54) is 16.7 Å². The van der Waals surface area contributed by atoms with Crippen LogP contribution in [0.5, 0.6) is 11.5 Å². The maximum atomic E-state index is 10.7. The summed E-state index contributed by atoms with van der Waals surface area (Å²) < 4.78 is 12.1. The topological polar surface area (TPSA) is 45.2 Å². The zero-order chi connectivity index (χ0) is 24.3. The number of para-hydroxylation sites is 1. The number of hydrogen-bond acceptors (Lipinski definition) is 5. The van der Waals surface area contributed by atoms with E-state index in [0.29, 0.717) is 6.54 Å². The third-order valence-corrected chi connectivity index (χ3v) is 6.96. The molecule has 3 aromatic carbocycles. The van der Waals surface area contributed by atoms with Gasteiger partial charge < -0.3 is 14.6 Å². The van der Waals surface area contributed by atoms with E-state index in [4.69, 9.17) is 9.47 Å². The highest BCUT2D eigenvalue weighted by Gasteiger charge is 2.32. The number of aliphatic hydroxyl groups excluding tert-OH is 1. The molecule has 2 heterocycles. The summed E-state index contributed by atoms with van der Waals surface area (Å²) in [5.41, 5.74) is 3.60. The van der Waals surface area contributed by atoms with Gasteiger partial charge in [-0.3, -0.25) is 9.80 Å². The fourth-order valence-electron chi connectivity index (χ4n) is 5.33. The van der Waals surface area contributed by atoms with Crippen LogP contribution < -0.4 is 9.47 Å². The second kappa shape index (κ2) is 11.7. The second-order valence-corrected chi connectivity index (χ2v) is 10.3. The molecule has 5 rings (SSSR count). The molecule has 1 N–H and O–H groups in total. The van der Waals surface area contributed by atoms with Crippen LogP contribution in [0.2, 0.25) is 0 Å². The van der Waals surface area contributed by atoms with Gasteiger partial charge in [0.25, 0.3) is 0 Å². The summed E-state index contributed by atoms with van der Waals surface area (Å²) in [6.45, 7) is 8.80. The minimum Gasteiger partial charge on any atom is -0.487 e. The van der Waals surface area contributed by atoms with Crippen molar-refractivity contribution in [2.45, 2.75) is 38.0 Å². The van der Waals surface area contributed by atoms with Gasteiger partial charge in [-0.1, -0.05) is 72.8 Å². The monoisotopic (exact) mass is 508 g/mol. The molecule has 3 aromatic rings. The summed E-state index contributed by atoms with van der Waals surface area (Å²) in [6.07, 6.45) is 0.324. The molecule has 0 spiro atoms. The van der Waals surface area contributed by atoms with Gasteiger partial charge in [0.15, 0.2) is 11.5 Å². The van der Waals surface area contributed by atoms with Crippen molar-refractivity contribution in [2.24, 2.45) is 0 Å². The Balaban J connectivity index is 0.00000304. The Kier molecular flexibility index (Phi) is 8.58. The average Bonchev–Trinajstić information content (AvgIpc) is 3.20. The fraction of sp³-hybridized carbons (Fsp3) is 0.400. The van der Waals surface area contributed by atoms with Crippen molar-refractivity contribution in [3.8, 4) is 11.5 Å². The van der Waals surface area contributed by atoms with Crippen LogP contribution in [0.4, 0.5) is 0 Å². The van der Waals surface area contributed by atoms with Crippen molar-refractivity contribution in [2.75, 3.05) is 39.3 Å². The molecular weight excluding hydrogens is 472 g/mol. The summed E-state index contributed by atoms with van der Waals surface area (Å²) in [7, 11) is 0. The summed E-state index contributed by atoms with van der Waals surface area (Å²) in [5.74, 6) is 1.55. The smallest absolute Gasteiger partial charge is 0.165 e. The van der Waals surface area contributed by atoms with E-state index >= 15 is 0 Å². The number of fused-ring (bicyclic) bond motifs is 1. The number of rotatable bonds is 8. The average molecular weight is 509 g/mol. The first-order valence-electron chi connectivity index (χ1n) is 12.7. The quantitative estimate of drug-likeness (QED) is 0.465. The molecule has 1 saturated heterocycles. The number of hydrogen-bond donors (Lipinski definition) is 1. The summed E-state index contributed by atoms with van der Waals surface area (Å²) in [5, 5.41) is 10.7. The molecule has 192 valence electrons. The first-order valence-corrected chi connectivity index (χ1v) is 12.7. The second-order valence-electron chi connectivity index (χ2n) is 10.3. The molecule has 1 fully saturated rings. The van der Waals surface area contributed by atoms with E-state index < -0.39 is 6.10 Å². The first-order chi connectivity index (χ1) is 17.0. The molecule has 1 atom stereocenters. The Bertz CT molecular complexity index is 1060. The van der Waals surface area contributed by atoms with Crippen LogP contribution in [-0.2, 0) is 6.42 Å². The molecule has 0 aromatic heterocycles. The molecule has 0 radical (unpaired) electrons. The maximum Gasteiger partial charge on any atom is 0.165 e. The van der Waals surface area contributed by atoms with Crippen LogP contribution in [0.1, 0.15) is 36.6 Å². The van der Waals surface area contributed by atoms with Gasteiger partial charge >= 0.3 is 0 Å².